The van der Waals surface area contributed by atoms with Crippen LogP contribution in [0.4, 0.5) is 17.2 Å². The third-order valence-corrected chi connectivity index (χ3v) is 5.87. The fourth-order valence-corrected chi connectivity index (χ4v) is 4.11. The minimum Gasteiger partial charge on any atom is -0.469 e. The number of benzene rings is 1. The second-order valence-corrected chi connectivity index (χ2v) is 9.08. The first-order chi connectivity index (χ1) is 15.4. The van der Waals surface area contributed by atoms with Gasteiger partial charge in [-0.15, -0.1) is 0 Å². The Labute approximate surface area is 195 Å². The molecule has 0 saturated carbocycles. The highest BCUT2D eigenvalue weighted by atomic mass is 35.5. The van der Waals surface area contributed by atoms with Crippen molar-refractivity contribution >= 4 is 34.8 Å². The number of anilines is 3. The molecular formula is C24H33ClN4O3. The van der Waals surface area contributed by atoms with Crippen molar-refractivity contribution in [2.24, 2.45) is 5.92 Å². The summed E-state index contributed by atoms with van der Waals surface area (Å²) in [5.41, 5.74) is 3.10. The van der Waals surface area contributed by atoms with Crippen molar-refractivity contribution in [3.05, 3.63) is 41.3 Å². The molecule has 1 aliphatic rings. The van der Waals surface area contributed by atoms with Crippen LogP contribution in [0, 0.1) is 5.92 Å². The number of methoxy groups -OCH3 is 1. The third-order valence-electron chi connectivity index (χ3n) is 5.68. The largest absolute Gasteiger partial charge is 0.469 e. The summed E-state index contributed by atoms with van der Waals surface area (Å²) in [6, 6.07) is 6.76. The molecular weight excluding hydrogens is 428 g/mol. The molecule has 1 N–H and O–H groups in total. The monoisotopic (exact) mass is 460 g/mol. The van der Waals surface area contributed by atoms with Crippen molar-refractivity contribution in [1.82, 2.24) is 9.97 Å². The first kappa shape index (κ1) is 24.3. The van der Waals surface area contributed by atoms with E-state index in [-0.39, 0.29) is 11.9 Å². The number of hydrogen-bond acceptors (Lipinski definition) is 7. The number of ether oxygens (including phenoxy) is 2. The van der Waals surface area contributed by atoms with Crippen molar-refractivity contribution in [3.8, 4) is 0 Å². The molecule has 1 aliphatic heterocycles. The van der Waals surface area contributed by atoms with Gasteiger partial charge < -0.3 is 19.7 Å². The molecule has 0 amide bonds. The summed E-state index contributed by atoms with van der Waals surface area (Å²) < 4.78 is 10.5. The molecule has 174 valence electrons. The number of aromatic nitrogens is 2. The van der Waals surface area contributed by atoms with Crippen LogP contribution in [0.5, 0.6) is 0 Å². The molecule has 1 atom stereocenters. The molecule has 0 radical (unpaired) electrons. The zero-order valence-electron chi connectivity index (χ0n) is 19.3. The van der Waals surface area contributed by atoms with E-state index in [1.54, 1.807) is 6.20 Å². The van der Waals surface area contributed by atoms with E-state index in [0.29, 0.717) is 29.4 Å². The Morgan fingerprint density at radius 3 is 2.62 bits per heavy atom. The van der Waals surface area contributed by atoms with Crippen LogP contribution in [0.25, 0.3) is 0 Å². The predicted octanol–water partition coefficient (Wildman–Crippen LogP) is 5.18. The fourth-order valence-electron chi connectivity index (χ4n) is 4.01. The predicted molar refractivity (Wildman–Crippen MR) is 128 cm³/mol. The SMILES string of the molecule is COC(=O)C[C@@H](C)c1ccc(N(CC(C)C)C2CCOCC2)c(Nc2cnc(Cl)cn2)c1. The van der Waals surface area contributed by atoms with Crippen molar-refractivity contribution in [1.29, 1.82) is 0 Å². The smallest absolute Gasteiger partial charge is 0.306 e. The Hall–Kier alpha value is -2.38. The average Bonchev–Trinajstić information content (AvgIpc) is 2.79. The highest BCUT2D eigenvalue weighted by molar-refractivity contribution is 6.29. The lowest BCUT2D eigenvalue weighted by molar-refractivity contribution is -0.140. The van der Waals surface area contributed by atoms with Gasteiger partial charge in [0.15, 0.2) is 0 Å². The molecule has 1 aromatic carbocycles. The molecule has 8 heteroatoms. The normalized spacial score (nSPS) is 15.4. The second-order valence-electron chi connectivity index (χ2n) is 8.70. The highest BCUT2D eigenvalue weighted by Crippen LogP contribution is 2.36. The van der Waals surface area contributed by atoms with Gasteiger partial charge >= 0.3 is 5.97 Å². The van der Waals surface area contributed by atoms with Gasteiger partial charge in [0, 0.05) is 25.8 Å². The fraction of sp³-hybridized carbons (Fsp3) is 0.542. The molecule has 2 aromatic rings. The van der Waals surface area contributed by atoms with Crippen LogP contribution < -0.4 is 10.2 Å². The van der Waals surface area contributed by atoms with Crippen LogP contribution in [0.15, 0.2) is 30.6 Å². The molecule has 0 spiro atoms. The summed E-state index contributed by atoms with van der Waals surface area (Å²) in [6.07, 6.45) is 5.46. The zero-order valence-corrected chi connectivity index (χ0v) is 20.1. The third kappa shape index (κ3) is 6.56. The highest BCUT2D eigenvalue weighted by Gasteiger charge is 2.25. The number of rotatable bonds is 9. The Bertz CT molecular complexity index is 885. The van der Waals surface area contributed by atoms with E-state index < -0.39 is 0 Å². The van der Waals surface area contributed by atoms with Gasteiger partial charge in [0.25, 0.3) is 0 Å². The zero-order chi connectivity index (χ0) is 23.1. The van der Waals surface area contributed by atoms with Gasteiger partial charge in [-0.05, 0) is 42.4 Å². The molecule has 0 unspecified atom stereocenters. The standard InChI is InChI=1S/C24H33ClN4O3/c1-16(2)15-29(19-7-9-32-10-8-19)21-6-5-18(17(3)11-24(30)31-4)12-20(21)28-23-14-26-22(25)13-27-23/h5-6,12-14,16-17,19H,7-11,15H2,1-4H3,(H,27,28)/t17-/m1/s1. The molecule has 0 bridgehead atoms. The second kappa shape index (κ2) is 11.5. The number of nitrogens with zero attached hydrogens (tertiary/aromatic N) is 3. The summed E-state index contributed by atoms with van der Waals surface area (Å²) >= 11 is 5.92. The summed E-state index contributed by atoms with van der Waals surface area (Å²) in [6.45, 7) is 8.98. The number of halogens is 1. The minimum atomic E-state index is -0.219. The maximum Gasteiger partial charge on any atom is 0.306 e. The number of carbonyl (C=O) groups is 1. The van der Waals surface area contributed by atoms with Crippen molar-refractivity contribution < 1.29 is 14.3 Å². The van der Waals surface area contributed by atoms with Crippen LogP contribution in [0.3, 0.4) is 0 Å². The summed E-state index contributed by atoms with van der Waals surface area (Å²) in [5, 5.41) is 3.78. The Kier molecular flexibility index (Phi) is 8.70. The van der Waals surface area contributed by atoms with Gasteiger partial charge in [0.05, 0.1) is 37.3 Å². The summed E-state index contributed by atoms with van der Waals surface area (Å²) in [4.78, 5) is 22.8. The lowest BCUT2D eigenvalue weighted by atomic mass is 9.95. The molecule has 7 nitrogen and oxygen atoms in total. The first-order valence-corrected chi connectivity index (χ1v) is 11.5. The molecule has 2 heterocycles. The van der Waals surface area contributed by atoms with E-state index in [2.05, 4.69) is 52.2 Å². The maximum absolute atomic E-state index is 11.8. The Balaban J connectivity index is 1.99. The van der Waals surface area contributed by atoms with Gasteiger partial charge in [-0.25, -0.2) is 9.97 Å². The van der Waals surface area contributed by atoms with E-state index in [4.69, 9.17) is 21.1 Å². The minimum absolute atomic E-state index is 0.0231. The van der Waals surface area contributed by atoms with Crippen LogP contribution >= 0.6 is 11.6 Å². The Morgan fingerprint density at radius 2 is 2.00 bits per heavy atom. The molecule has 3 rings (SSSR count). The van der Waals surface area contributed by atoms with E-state index in [1.165, 1.54) is 13.3 Å². The molecule has 0 aliphatic carbocycles. The van der Waals surface area contributed by atoms with Crippen molar-refractivity contribution in [3.63, 3.8) is 0 Å². The first-order valence-electron chi connectivity index (χ1n) is 11.2. The van der Waals surface area contributed by atoms with Gasteiger partial charge in [-0.1, -0.05) is 38.4 Å². The lowest BCUT2D eigenvalue weighted by Gasteiger charge is -2.38. The number of carbonyl (C=O) groups excluding carboxylic acids is 1. The van der Waals surface area contributed by atoms with Gasteiger partial charge in [0.1, 0.15) is 11.0 Å². The lowest BCUT2D eigenvalue weighted by Crippen LogP contribution is -2.42. The van der Waals surface area contributed by atoms with Crippen molar-refractivity contribution in [2.45, 2.75) is 52.0 Å². The molecule has 1 saturated heterocycles. The number of nitrogens with one attached hydrogen (secondary N) is 1. The van der Waals surface area contributed by atoms with E-state index >= 15 is 0 Å². The van der Waals surface area contributed by atoms with Gasteiger partial charge in [-0.3, -0.25) is 4.79 Å². The molecule has 32 heavy (non-hydrogen) atoms. The van der Waals surface area contributed by atoms with Crippen LogP contribution in [0.1, 0.15) is 51.5 Å². The molecule has 1 fully saturated rings. The van der Waals surface area contributed by atoms with E-state index in [0.717, 1.165) is 49.5 Å². The van der Waals surface area contributed by atoms with Crippen LogP contribution in [-0.2, 0) is 14.3 Å². The number of esters is 1. The van der Waals surface area contributed by atoms with Crippen LogP contribution in [0.2, 0.25) is 5.15 Å². The Morgan fingerprint density at radius 1 is 1.25 bits per heavy atom. The van der Waals surface area contributed by atoms with E-state index in [9.17, 15) is 4.79 Å². The average molecular weight is 461 g/mol. The van der Waals surface area contributed by atoms with E-state index in [1.807, 2.05) is 6.92 Å². The summed E-state index contributed by atoms with van der Waals surface area (Å²) in [5.74, 6) is 0.919. The maximum atomic E-state index is 11.8. The van der Waals surface area contributed by atoms with Gasteiger partial charge in [-0.2, -0.15) is 0 Å². The quantitative estimate of drug-likeness (QED) is 0.516. The number of hydrogen-bond donors (Lipinski definition) is 1. The van der Waals surface area contributed by atoms with Crippen LogP contribution in [-0.4, -0.2) is 48.8 Å². The topological polar surface area (TPSA) is 76.6 Å². The molecule has 1 aromatic heterocycles. The van der Waals surface area contributed by atoms with Gasteiger partial charge in [0.2, 0.25) is 0 Å². The van der Waals surface area contributed by atoms with Crippen molar-refractivity contribution in [2.75, 3.05) is 37.1 Å². The summed E-state index contributed by atoms with van der Waals surface area (Å²) in [7, 11) is 1.42.